The number of benzene rings is 1. The Morgan fingerprint density at radius 2 is 1.97 bits per heavy atom. The molecule has 0 aliphatic carbocycles. The minimum atomic E-state index is -4.42. The lowest BCUT2D eigenvalue weighted by Gasteiger charge is -2.10. The van der Waals surface area contributed by atoms with Crippen LogP contribution in [-0.4, -0.2) is 46.8 Å². The van der Waals surface area contributed by atoms with Crippen LogP contribution in [0.4, 0.5) is 13.2 Å². The molecule has 2 heterocycles. The van der Waals surface area contributed by atoms with Gasteiger partial charge in [0.1, 0.15) is 11.6 Å². The number of alkyl halides is 3. The molecule has 0 fully saturated rings. The number of methoxy groups -OCH3 is 1. The van der Waals surface area contributed by atoms with E-state index in [-0.39, 0.29) is 0 Å². The van der Waals surface area contributed by atoms with Gasteiger partial charge in [-0.25, -0.2) is 9.97 Å². The second-order valence-electron chi connectivity index (χ2n) is 6.06. The molecule has 0 aliphatic heterocycles. The third-order valence-electron chi connectivity index (χ3n) is 4.00. The number of H-pyrrole nitrogens is 1. The van der Waals surface area contributed by atoms with Gasteiger partial charge in [-0.15, -0.1) is 11.3 Å². The number of rotatable bonds is 7. The van der Waals surface area contributed by atoms with Gasteiger partial charge in [-0.1, -0.05) is 0 Å². The number of hydrogen-bond acceptors (Lipinski definition) is 6. The monoisotopic (exact) mass is 439 g/mol. The standard InChI is InChI=1S/C18H20F3N7OS/c1-22-17(23-8-7-15-25-13(10-30-15)18(19,20)21)24-9-14-26-16(28-27-14)11-3-5-12(29-2)6-4-11/h3-6,10H,7-9H2,1-2H3,(H2,22,23,24)(H,26,27,28). The first-order valence-corrected chi connectivity index (χ1v) is 9.79. The Bertz CT molecular complexity index is 982. The number of aromatic nitrogens is 4. The first kappa shape index (κ1) is 21.6. The van der Waals surface area contributed by atoms with Crippen molar-refractivity contribution in [1.29, 1.82) is 0 Å². The Balaban J connectivity index is 1.47. The van der Waals surface area contributed by atoms with Crippen LogP contribution in [0.25, 0.3) is 11.4 Å². The van der Waals surface area contributed by atoms with Gasteiger partial charge in [-0.3, -0.25) is 10.1 Å². The summed E-state index contributed by atoms with van der Waals surface area (Å²) < 4.78 is 42.9. The highest BCUT2D eigenvalue weighted by molar-refractivity contribution is 7.09. The molecular formula is C18H20F3N7OS. The Morgan fingerprint density at radius 3 is 2.60 bits per heavy atom. The van der Waals surface area contributed by atoms with Crippen LogP contribution in [0.5, 0.6) is 5.75 Å². The quantitative estimate of drug-likeness (QED) is 0.387. The van der Waals surface area contributed by atoms with Crippen LogP contribution < -0.4 is 15.4 Å². The van der Waals surface area contributed by atoms with E-state index in [1.54, 1.807) is 14.2 Å². The molecule has 3 rings (SSSR count). The van der Waals surface area contributed by atoms with Gasteiger partial charge in [0, 0.05) is 31.0 Å². The fourth-order valence-corrected chi connectivity index (χ4v) is 3.28. The normalized spacial score (nSPS) is 12.1. The number of ether oxygens (including phenoxy) is 1. The summed E-state index contributed by atoms with van der Waals surface area (Å²) >= 11 is 0.986. The van der Waals surface area contributed by atoms with Crippen molar-refractivity contribution in [3.8, 4) is 17.1 Å². The molecule has 160 valence electrons. The minimum Gasteiger partial charge on any atom is -0.497 e. The number of guanidine groups is 1. The zero-order valence-corrected chi connectivity index (χ0v) is 17.1. The summed E-state index contributed by atoms with van der Waals surface area (Å²) in [7, 11) is 3.20. The number of aliphatic imine (C=N–C) groups is 1. The third kappa shape index (κ3) is 5.69. The van der Waals surface area contributed by atoms with Crippen LogP contribution in [0.1, 0.15) is 16.5 Å². The van der Waals surface area contributed by atoms with Crippen molar-refractivity contribution >= 4 is 17.3 Å². The Morgan fingerprint density at radius 1 is 1.20 bits per heavy atom. The second kappa shape index (κ2) is 9.57. The van der Waals surface area contributed by atoms with Gasteiger partial charge in [0.05, 0.1) is 18.7 Å². The molecule has 3 N–H and O–H groups in total. The topological polar surface area (TPSA) is 100 Å². The van der Waals surface area contributed by atoms with Crippen LogP contribution >= 0.6 is 11.3 Å². The minimum absolute atomic E-state index is 0.346. The summed E-state index contributed by atoms with van der Waals surface area (Å²) in [5, 5.41) is 14.6. The summed E-state index contributed by atoms with van der Waals surface area (Å²) in [6, 6.07) is 7.38. The Hall–Kier alpha value is -3.15. The van der Waals surface area contributed by atoms with Crippen LogP contribution in [0.3, 0.4) is 0 Å². The average Bonchev–Trinajstić information content (AvgIpc) is 3.40. The molecular weight excluding hydrogens is 419 g/mol. The summed E-state index contributed by atoms with van der Waals surface area (Å²) in [6.07, 6.45) is -4.06. The fraction of sp³-hybridized carbons (Fsp3) is 0.333. The lowest BCUT2D eigenvalue weighted by molar-refractivity contribution is -0.140. The number of nitrogens with one attached hydrogen (secondary N) is 3. The molecule has 8 nitrogen and oxygen atoms in total. The highest BCUT2D eigenvalue weighted by Gasteiger charge is 2.33. The van der Waals surface area contributed by atoms with E-state index in [0.717, 1.165) is 28.0 Å². The highest BCUT2D eigenvalue weighted by atomic mass is 32.1. The van der Waals surface area contributed by atoms with Crippen molar-refractivity contribution in [2.45, 2.75) is 19.1 Å². The van der Waals surface area contributed by atoms with E-state index in [4.69, 9.17) is 4.74 Å². The lowest BCUT2D eigenvalue weighted by Crippen LogP contribution is -2.38. The maximum absolute atomic E-state index is 12.6. The van der Waals surface area contributed by atoms with Gasteiger partial charge >= 0.3 is 6.18 Å². The molecule has 0 radical (unpaired) electrons. The Kier molecular flexibility index (Phi) is 6.87. The molecule has 1 aromatic carbocycles. The lowest BCUT2D eigenvalue weighted by atomic mass is 10.2. The van der Waals surface area contributed by atoms with Crippen LogP contribution in [0, 0.1) is 0 Å². The summed E-state index contributed by atoms with van der Waals surface area (Å²) in [4.78, 5) is 12.1. The van der Waals surface area contributed by atoms with Crippen molar-refractivity contribution in [3.63, 3.8) is 0 Å². The predicted molar refractivity (Wildman–Crippen MR) is 107 cm³/mol. The predicted octanol–water partition coefficient (Wildman–Crippen LogP) is 2.86. The number of aromatic amines is 1. The van der Waals surface area contributed by atoms with Gasteiger partial charge in [0.25, 0.3) is 0 Å². The third-order valence-corrected chi connectivity index (χ3v) is 4.91. The van der Waals surface area contributed by atoms with Gasteiger partial charge in [-0.2, -0.15) is 18.3 Å². The fourth-order valence-electron chi connectivity index (χ4n) is 2.48. The van der Waals surface area contributed by atoms with Crippen LogP contribution in [0.2, 0.25) is 0 Å². The van der Waals surface area contributed by atoms with E-state index in [2.05, 4.69) is 35.8 Å². The number of halogens is 3. The van der Waals surface area contributed by atoms with Crippen molar-refractivity contribution in [3.05, 3.63) is 46.2 Å². The summed E-state index contributed by atoms with van der Waals surface area (Å²) in [6.45, 7) is 0.732. The molecule has 0 unspecified atom stereocenters. The molecule has 2 aromatic heterocycles. The molecule has 12 heteroatoms. The number of hydrogen-bond donors (Lipinski definition) is 3. The smallest absolute Gasteiger partial charge is 0.434 e. The zero-order valence-electron chi connectivity index (χ0n) is 16.2. The van der Waals surface area contributed by atoms with Gasteiger partial charge in [0.15, 0.2) is 17.5 Å². The maximum atomic E-state index is 12.6. The largest absolute Gasteiger partial charge is 0.497 e. The first-order valence-electron chi connectivity index (χ1n) is 8.91. The zero-order chi connectivity index (χ0) is 21.6. The van der Waals surface area contributed by atoms with Gasteiger partial charge in [0.2, 0.25) is 0 Å². The molecule has 0 spiro atoms. The molecule has 30 heavy (non-hydrogen) atoms. The number of nitrogens with zero attached hydrogens (tertiary/aromatic N) is 4. The van der Waals surface area contributed by atoms with Crippen molar-refractivity contribution in [1.82, 2.24) is 30.8 Å². The van der Waals surface area contributed by atoms with Crippen LogP contribution in [-0.2, 0) is 19.1 Å². The van der Waals surface area contributed by atoms with E-state index < -0.39 is 11.9 Å². The summed E-state index contributed by atoms with van der Waals surface area (Å²) in [5.74, 6) is 2.41. The molecule has 0 amide bonds. The van der Waals surface area contributed by atoms with E-state index in [9.17, 15) is 13.2 Å². The molecule has 0 bridgehead atoms. The maximum Gasteiger partial charge on any atom is 0.434 e. The molecule has 0 saturated heterocycles. The SMILES string of the molecule is CN=C(NCCc1nc(C(F)(F)F)cs1)NCc1nc(-c2ccc(OC)cc2)n[nH]1. The van der Waals surface area contributed by atoms with Gasteiger partial charge < -0.3 is 15.4 Å². The average molecular weight is 439 g/mol. The van der Waals surface area contributed by atoms with E-state index in [1.165, 1.54) is 0 Å². The van der Waals surface area contributed by atoms with Crippen molar-refractivity contribution in [2.75, 3.05) is 20.7 Å². The van der Waals surface area contributed by atoms with Crippen molar-refractivity contribution < 1.29 is 17.9 Å². The molecule has 0 saturated carbocycles. The van der Waals surface area contributed by atoms with E-state index in [1.807, 2.05) is 24.3 Å². The van der Waals surface area contributed by atoms with Gasteiger partial charge in [-0.05, 0) is 24.3 Å². The number of thiazole rings is 1. The van der Waals surface area contributed by atoms with Crippen LogP contribution in [0.15, 0.2) is 34.6 Å². The molecule has 0 atom stereocenters. The Labute approximate surface area is 174 Å². The van der Waals surface area contributed by atoms with E-state index in [0.29, 0.717) is 42.1 Å². The van der Waals surface area contributed by atoms with E-state index >= 15 is 0 Å². The second-order valence-corrected chi connectivity index (χ2v) is 7.00. The summed E-state index contributed by atoms with van der Waals surface area (Å²) in [5.41, 5.74) is -0.00882. The molecule has 3 aromatic rings. The molecule has 0 aliphatic rings. The first-order chi connectivity index (χ1) is 14.4. The van der Waals surface area contributed by atoms with Crippen molar-refractivity contribution in [2.24, 2.45) is 4.99 Å². The highest BCUT2D eigenvalue weighted by Crippen LogP contribution is 2.30.